The van der Waals surface area contributed by atoms with Crippen molar-refractivity contribution < 1.29 is 47.9 Å². The monoisotopic (exact) mass is 481 g/mol. The van der Waals surface area contributed by atoms with E-state index in [-0.39, 0.29) is 17.1 Å². The van der Waals surface area contributed by atoms with Crippen LogP contribution in [-0.4, -0.2) is 0 Å². The standard InChI is InChI=1S/BrH.Cl2O.3Cu.HI/c;1-3-2;;;;/h1H;;;;;1H/q;;;2*+1;/p-2. The maximum atomic E-state index is 4.26. The molecule has 1 nitrogen and oxygen atoms in total. The number of hydrogen-bond donors (Lipinski definition) is 0. The average molecular weight is 484 g/mol. The zero-order valence-electron chi connectivity index (χ0n) is 2.82. The van der Waals surface area contributed by atoms with E-state index >= 15 is 0 Å². The zero-order chi connectivity index (χ0) is 6.71. The summed E-state index contributed by atoms with van der Waals surface area (Å²) in [6, 6.07) is 0. The van der Waals surface area contributed by atoms with E-state index in [0.717, 1.165) is 0 Å². The molecule has 0 amide bonds. The normalized spacial score (nSPS) is 4.00. The Labute approximate surface area is 104 Å². The summed E-state index contributed by atoms with van der Waals surface area (Å²) in [7, 11) is 0. The van der Waals surface area contributed by atoms with Crippen molar-refractivity contribution in [2.24, 2.45) is 0 Å². The SMILES string of the molecule is ClOCl.[Cu].[Cu][Br].[Cu][I]. The van der Waals surface area contributed by atoms with Gasteiger partial charge < -0.3 is 0 Å². The van der Waals surface area contributed by atoms with E-state index in [2.05, 4.69) is 68.7 Å². The van der Waals surface area contributed by atoms with Gasteiger partial charge in [0, 0.05) is 17.1 Å². The molecule has 0 unspecified atom stereocenters. The van der Waals surface area contributed by atoms with Crippen molar-refractivity contribution in [3.63, 3.8) is 0 Å². The summed E-state index contributed by atoms with van der Waals surface area (Å²) < 4.78 is 3.19. The molecule has 0 aromatic heterocycles. The van der Waals surface area contributed by atoms with Crippen molar-refractivity contribution in [2.75, 3.05) is 0 Å². The van der Waals surface area contributed by atoms with Gasteiger partial charge in [-0.15, -0.1) is 0 Å². The second-order valence-corrected chi connectivity index (χ2v) is 0.525. The molecule has 0 aliphatic carbocycles. The van der Waals surface area contributed by atoms with Gasteiger partial charge in [-0.2, -0.15) is 3.84 Å². The minimum atomic E-state index is 0. The Morgan fingerprint density at radius 3 is 1.25 bits per heavy atom. The summed E-state index contributed by atoms with van der Waals surface area (Å²) in [6.45, 7) is 0. The van der Waals surface area contributed by atoms with E-state index in [1.54, 1.807) is 20.3 Å². The van der Waals surface area contributed by atoms with Crippen molar-refractivity contribution in [2.45, 2.75) is 0 Å². The molecule has 0 N–H and O–H groups in total. The summed E-state index contributed by atoms with van der Waals surface area (Å²) in [6.07, 6.45) is 0. The molecule has 0 rings (SSSR count). The fraction of sp³-hybridized carbons (Fsp3) is 0. The Morgan fingerprint density at radius 2 is 1.25 bits per heavy atom. The second-order valence-electron chi connectivity index (χ2n) is 0.0583. The molecule has 67 valence electrons. The van der Waals surface area contributed by atoms with Crippen LogP contribution in [0.25, 0.3) is 0 Å². The van der Waals surface area contributed by atoms with Crippen LogP contribution in [0.1, 0.15) is 0 Å². The molecule has 0 aromatic rings. The predicted octanol–water partition coefficient (Wildman–Crippen LogP) is 3.03. The fourth-order valence-electron chi connectivity index (χ4n) is 0. The van der Waals surface area contributed by atoms with Crippen molar-refractivity contribution in [3.8, 4) is 0 Å². The van der Waals surface area contributed by atoms with E-state index in [1.165, 1.54) is 0 Å². The van der Waals surface area contributed by atoms with Gasteiger partial charge in [-0.05, 0) is 0 Å². The number of rotatable bonds is 0. The van der Waals surface area contributed by atoms with E-state index in [1.807, 2.05) is 0 Å². The number of hydrogen-bond acceptors (Lipinski definition) is 1. The van der Waals surface area contributed by atoms with E-state index in [0.29, 0.717) is 0 Å². The third-order valence-corrected chi connectivity index (χ3v) is 0. The molecule has 0 saturated heterocycles. The molecule has 0 bridgehead atoms. The summed E-state index contributed by atoms with van der Waals surface area (Å²) in [5, 5.41) is 0. The Kier molecular flexibility index (Phi) is 135. The van der Waals surface area contributed by atoms with E-state index in [9.17, 15) is 0 Å². The van der Waals surface area contributed by atoms with Crippen molar-refractivity contribution >= 4 is 58.2 Å². The summed E-state index contributed by atoms with van der Waals surface area (Å²) in [5.74, 6) is 0. The van der Waals surface area contributed by atoms with Gasteiger partial charge in [0.1, 0.15) is 0 Å². The van der Waals surface area contributed by atoms with Gasteiger partial charge in [-0.25, -0.2) is 0 Å². The fourth-order valence-corrected chi connectivity index (χ4v) is 0. The summed E-state index contributed by atoms with van der Waals surface area (Å²) in [4.78, 5) is 0. The molecule has 0 aliphatic rings. The first-order chi connectivity index (χ1) is 3.41. The Balaban J connectivity index is -0.0000000147. The molecular formula is BrCl2Cu3IO. The first kappa shape index (κ1) is 22.5. The predicted molar refractivity (Wildman–Crippen MR) is 35.7 cm³/mol. The molecule has 0 atom stereocenters. The molecule has 8 heteroatoms. The molecule has 0 aromatic carbocycles. The zero-order valence-corrected chi connectivity index (χ0v) is 10.9. The van der Waals surface area contributed by atoms with E-state index in [4.69, 9.17) is 0 Å². The molecule has 8 heavy (non-hydrogen) atoms. The Morgan fingerprint density at radius 1 is 1.25 bits per heavy atom. The topological polar surface area (TPSA) is 9.23 Å². The van der Waals surface area contributed by atoms with Gasteiger partial charge in [-0.1, -0.05) is 0 Å². The minimum absolute atomic E-state index is 0. The third kappa shape index (κ3) is 58.7. The van der Waals surface area contributed by atoms with Crippen LogP contribution in [0.2, 0.25) is 0 Å². The van der Waals surface area contributed by atoms with Gasteiger partial charge >= 0.3 is 61.4 Å². The molecule has 1 radical (unpaired) electrons. The Bertz CT molecular complexity index is 17.2. The van der Waals surface area contributed by atoms with Crippen LogP contribution < -0.4 is 0 Å². The Hall–Kier alpha value is 3.31. The van der Waals surface area contributed by atoms with Gasteiger partial charge in [-0.3, -0.25) is 0 Å². The second kappa shape index (κ2) is 48.1. The van der Waals surface area contributed by atoms with Crippen LogP contribution in [0.5, 0.6) is 0 Å². The van der Waals surface area contributed by atoms with Crippen LogP contribution in [-0.2, 0) is 47.9 Å². The van der Waals surface area contributed by atoms with Crippen LogP contribution in [0.3, 0.4) is 0 Å². The average Bonchev–Trinajstić information content (AvgIpc) is 1.78. The van der Waals surface area contributed by atoms with Gasteiger partial charge in [0.25, 0.3) is 0 Å². The summed E-state index contributed by atoms with van der Waals surface area (Å²) in [5.41, 5.74) is 0. The molecule has 0 saturated carbocycles. The van der Waals surface area contributed by atoms with Gasteiger partial charge in [0.15, 0.2) is 0 Å². The van der Waals surface area contributed by atoms with Crippen molar-refractivity contribution in [3.05, 3.63) is 0 Å². The van der Waals surface area contributed by atoms with Crippen LogP contribution in [0, 0.1) is 0 Å². The number of halogens is 4. The van der Waals surface area contributed by atoms with Gasteiger partial charge in [0.05, 0.1) is 23.7 Å². The quantitative estimate of drug-likeness (QED) is 0.380. The van der Waals surface area contributed by atoms with Gasteiger partial charge in [0.2, 0.25) is 0 Å². The summed E-state index contributed by atoms with van der Waals surface area (Å²) >= 11 is 20.9. The molecule has 0 aliphatic heterocycles. The van der Waals surface area contributed by atoms with E-state index < -0.39 is 0 Å². The maximum absolute atomic E-state index is 4.26. The van der Waals surface area contributed by atoms with Crippen LogP contribution in [0.4, 0.5) is 0 Å². The first-order valence-electron chi connectivity index (χ1n) is 0.537. The van der Waals surface area contributed by atoms with Crippen molar-refractivity contribution in [1.82, 2.24) is 0 Å². The molecular weight excluding hydrogens is 484 g/mol. The van der Waals surface area contributed by atoms with Crippen LogP contribution in [0.15, 0.2) is 0 Å². The third-order valence-electron chi connectivity index (χ3n) is 0. The van der Waals surface area contributed by atoms with Crippen molar-refractivity contribution in [1.29, 1.82) is 0 Å². The van der Waals surface area contributed by atoms with Crippen LogP contribution >= 0.6 is 58.2 Å². The molecule has 0 heterocycles. The molecule has 0 spiro atoms. The first-order valence-corrected chi connectivity index (χ1v) is 6.52. The molecule has 0 fully saturated rings.